The summed E-state index contributed by atoms with van der Waals surface area (Å²) < 4.78 is 6.52. The maximum atomic E-state index is 11.3. The normalized spacial score (nSPS) is 11.1. The molecule has 0 saturated carbocycles. The van der Waals surface area contributed by atoms with E-state index in [1.54, 1.807) is 0 Å². The number of halogens is 1. The molecule has 1 rings (SSSR count). The van der Waals surface area contributed by atoms with Gasteiger partial charge < -0.3 is 15.2 Å². The summed E-state index contributed by atoms with van der Waals surface area (Å²) in [7, 11) is 0. The average Bonchev–Trinajstić information content (AvgIpc) is 2.41. The summed E-state index contributed by atoms with van der Waals surface area (Å²) in [6, 6.07) is 5.98. The number of benzene rings is 1. The van der Waals surface area contributed by atoms with E-state index < -0.39 is 5.97 Å². The maximum absolute atomic E-state index is 11.3. The maximum Gasteiger partial charge on any atom is 0.322 e. The van der Waals surface area contributed by atoms with Crippen LogP contribution in [0.5, 0.6) is 5.75 Å². The zero-order valence-corrected chi connectivity index (χ0v) is 14.7. The zero-order valence-electron chi connectivity index (χ0n) is 13.1. The highest BCUT2D eigenvalue weighted by Gasteiger charge is 2.15. The number of carbonyl (C=O) groups excluding carboxylic acids is 1. The molecule has 5 nitrogen and oxygen atoms in total. The highest BCUT2D eigenvalue weighted by atomic mass is 79.9. The summed E-state index contributed by atoms with van der Waals surface area (Å²) in [6.45, 7) is 6.48. The third-order valence-corrected chi connectivity index (χ3v) is 3.66. The Morgan fingerprint density at radius 2 is 2.00 bits per heavy atom. The Labute approximate surface area is 139 Å². The molecular formula is C16H22BrNO4. The Morgan fingerprint density at radius 1 is 1.32 bits per heavy atom. The summed E-state index contributed by atoms with van der Waals surface area (Å²) >= 11 is 3.49. The van der Waals surface area contributed by atoms with Gasteiger partial charge in [0.1, 0.15) is 12.3 Å². The fourth-order valence-corrected chi connectivity index (χ4v) is 2.26. The summed E-state index contributed by atoms with van der Waals surface area (Å²) in [5.74, 6) is -0.598. The second kappa shape index (κ2) is 8.17. The molecule has 0 aromatic heterocycles. The lowest BCUT2D eigenvalue weighted by molar-refractivity contribution is -0.137. The highest BCUT2D eigenvalue weighted by molar-refractivity contribution is 9.10. The molecule has 0 fully saturated rings. The largest absolute Gasteiger partial charge is 0.492 e. The molecule has 1 aromatic rings. The van der Waals surface area contributed by atoms with E-state index in [4.69, 9.17) is 9.84 Å². The van der Waals surface area contributed by atoms with Crippen LogP contribution in [0, 0.1) is 0 Å². The monoisotopic (exact) mass is 371 g/mol. The molecular weight excluding hydrogens is 350 g/mol. The lowest BCUT2D eigenvalue weighted by atomic mass is 9.87. The molecule has 22 heavy (non-hydrogen) atoms. The van der Waals surface area contributed by atoms with Crippen LogP contribution in [0.4, 0.5) is 0 Å². The van der Waals surface area contributed by atoms with Gasteiger partial charge in [-0.3, -0.25) is 9.59 Å². The number of ether oxygens (including phenoxy) is 1. The van der Waals surface area contributed by atoms with Gasteiger partial charge in [0.2, 0.25) is 5.91 Å². The number of carboxylic acids is 1. The average molecular weight is 372 g/mol. The van der Waals surface area contributed by atoms with Crippen LogP contribution in [-0.4, -0.2) is 30.1 Å². The summed E-state index contributed by atoms with van der Waals surface area (Å²) in [5, 5.41) is 10.8. The number of hydrogen-bond donors (Lipinski definition) is 2. The Hall–Kier alpha value is -1.56. The van der Waals surface area contributed by atoms with Crippen molar-refractivity contribution in [1.29, 1.82) is 0 Å². The lowest BCUT2D eigenvalue weighted by Crippen LogP contribution is -2.29. The van der Waals surface area contributed by atoms with Crippen LogP contribution < -0.4 is 10.1 Å². The van der Waals surface area contributed by atoms with Gasteiger partial charge in [-0.25, -0.2) is 0 Å². The smallest absolute Gasteiger partial charge is 0.322 e. The zero-order chi connectivity index (χ0) is 16.8. The van der Waals surface area contributed by atoms with Gasteiger partial charge in [-0.15, -0.1) is 0 Å². The summed E-state index contributed by atoms with van der Waals surface area (Å²) in [6.07, 6.45) is 0.768. The number of nitrogens with one attached hydrogen (secondary N) is 1. The molecule has 0 spiro atoms. The minimum atomic E-state index is -1.05. The van der Waals surface area contributed by atoms with Crippen molar-refractivity contribution in [2.45, 2.75) is 39.0 Å². The topological polar surface area (TPSA) is 75.6 Å². The molecule has 1 aromatic carbocycles. The molecule has 6 heteroatoms. The van der Waals surface area contributed by atoms with Crippen LogP contribution >= 0.6 is 15.9 Å². The summed E-state index contributed by atoms with van der Waals surface area (Å²) in [4.78, 5) is 21.7. The van der Waals surface area contributed by atoms with Crippen LogP contribution in [0.3, 0.4) is 0 Å². The second-order valence-electron chi connectivity index (χ2n) is 6.02. The van der Waals surface area contributed by atoms with Gasteiger partial charge >= 0.3 is 5.97 Å². The predicted molar refractivity (Wildman–Crippen MR) is 88.2 cm³/mol. The predicted octanol–water partition coefficient (Wildman–Crippen LogP) is 3.11. The van der Waals surface area contributed by atoms with E-state index in [1.165, 1.54) is 5.56 Å². The van der Waals surface area contributed by atoms with E-state index in [-0.39, 0.29) is 24.3 Å². The van der Waals surface area contributed by atoms with Crippen molar-refractivity contribution >= 4 is 27.8 Å². The van der Waals surface area contributed by atoms with Crippen LogP contribution in [0.2, 0.25) is 0 Å². The first-order chi connectivity index (χ1) is 10.2. The number of carbonyl (C=O) groups is 2. The van der Waals surface area contributed by atoms with Crippen molar-refractivity contribution in [2.75, 3.05) is 13.2 Å². The van der Waals surface area contributed by atoms with Gasteiger partial charge in [0.05, 0.1) is 11.1 Å². The van der Waals surface area contributed by atoms with Crippen molar-refractivity contribution in [3.8, 4) is 5.75 Å². The molecule has 0 bridgehead atoms. The number of amides is 1. The van der Waals surface area contributed by atoms with Crippen LogP contribution in [-0.2, 0) is 15.0 Å². The first kappa shape index (κ1) is 18.5. The quantitative estimate of drug-likeness (QED) is 0.722. The van der Waals surface area contributed by atoms with Crippen molar-refractivity contribution in [3.63, 3.8) is 0 Å². The molecule has 1 amide bonds. The van der Waals surface area contributed by atoms with Crippen molar-refractivity contribution in [1.82, 2.24) is 5.32 Å². The fourth-order valence-electron chi connectivity index (χ4n) is 1.76. The molecule has 0 unspecified atom stereocenters. The van der Waals surface area contributed by atoms with E-state index in [1.807, 2.05) is 18.2 Å². The van der Waals surface area contributed by atoms with E-state index in [0.717, 1.165) is 10.2 Å². The highest BCUT2D eigenvalue weighted by Crippen LogP contribution is 2.31. The van der Waals surface area contributed by atoms with Gasteiger partial charge in [0, 0.05) is 6.42 Å². The van der Waals surface area contributed by atoms with E-state index >= 15 is 0 Å². The van der Waals surface area contributed by atoms with Gasteiger partial charge in [0.15, 0.2) is 0 Å². The third-order valence-electron chi connectivity index (χ3n) is 3.04. The van der Waals surface area contributed by atoms with Crippen LogP contribution in [0.25, 0.3) is 0 Å². The number of aliphatic carboxylic acids is 1. The molecule has 0 atom stereocenters. The minimum absolute atomic E-state index is 0.0727. The van der Waals surface area contributed by atoms with Crippen LogP contribution in [0.1, 0.15) is 39.2 Å². The van der Waals surface area contributed by atoms with Gasteiger partial charge in [-0.1, -0.05) is 26.8 Å². The van der Waals surface area contributed by atoms with E-state index in [0.29, 0.717) is 13.0 Å². The lowest BCUT2D eigenvalue weighted by Gasteiger charge is -2.20. The second-order valence-corrected chi connectivity index (χ2v) is 6.87. The van der Waals surface area contributed by atoms with Crippen molar-refractivity contribution < 1.29 is 19.4 Å². The molecule has 2 N–H and O–H groups in total. The van der Waals surface area contributed by atoms with E-state index in [2.05, 4.69) is 42.0 Å². The minimum Gasteiger partial charge on any atom is -0.492 e. The summed E-state index contributed by atoms with van der Waals surface area (Å²) in [5.41, 5.74) is 1.28. The third kappa shape index (κ3) is 6.47. The Bertz CT molecular complexity index is 537. The molecule has 122 valence electrons. The number of carboxylic acid groups (broad SMARTS) is 1. The Morgan fingerprint density at radius 3 is 2.55 bits per heavy atom. The first-order valence-corrected chi connectivity index (χ1v) is 7.91. The van der Waals surface area contributed by atoms with Gasteiger partial charge in [-0.2, -0.15) is 0 Å². The molecule has 0 aliphatic heterocycles. The fraction of sp³-hybridized carbons (Fsp3) is 0.500. The number of rotatable bonds is 7. The molecule has 0 aliphatic carbocycles. The van der Waals surface area contributed by atoms with Gasteiger partial charge in [-0.05, 0) is 45.5 Å². The Kier molecular flexibility index (Phi) is 6.87. The van der Waals surface area contributed by atoms with Crippen molar-refractivity contribution in [3.05, 3.63) is 28.2 Å². The van der Waals surface area contributed by atoms with Gasteiger partial charge in [0.25, 0.3) is 0 Å². The van der Waals surface area contributed by atoms with E-state index in [9.17, 15) is 9.59 Å². The SMILES string of the molecule is CC(C)(C)c1ccc(OCCCC(=O)NCC(=O)O)c(Br)c1. The Balaban J connectivity index is 2.40. The number of hydrogen-bond acceptors (Lipinski definition) is 3. The standard InChI is InChI=1S/C16H22BrNO4/c1-16(2,3)11-6-7-13(12(17)9-11)22-8-4-5-14(19)18-10-15(20)21/h6-7,9H,4-5,8,10H2,1-3H3,(H,18,19)(H,20,21). The first-order valence-electron chi connectivity index (χ1n) is 7.11. The molecule has 0 heterocycles. The molecule has 0 aliphatic rings. The molecule has 0 saturated heterocycles. The van der Waals surface area contributed by atoms with Crippen LogP contribution in [0.15, 0.2) is 22.7 Å². The molecule has 0 radical (unpaired) electrons. The van der Waals surface area contributed by atoms with Crippen molar-refractivity contribution in [2.24, 2.45) is 0 Å².